The van der Waals surface area contributed by atoms with E-state index in [1.54, 1.807) is 6.20 Å². The van der Waals surface area contributed by atoms with Crippen LogP contribution in [0.4, 0.5) is 0 Å². The molecule has 1 aliphatic carbocycles. The van der Waals surface area contributed by atoms with Crippen LogP contribution in [0.1, 0.15) is 59.5 Å². The van der Waals surface area contributed by atoms with Crippen LogP contribution in [0.3, 0.4) is 0 Å². The number of hydrogen-bond donors (Lipinski definition) is 0. The maximum absolute atomic E-state index is 13.1. The fourth-order valence-corrected chi connectivity index (χ4v) is 3.92. The zero-order valence-corrected chi connectivity index (χ0v) is 13.7. The van der Waals surface area contributed by atoms with Crippen molar-refractivity contribution in [2.75, 3.05) is 0 Å². The molecule has 1 aliphatic rings. The molecule has 0 spiro atoms. The fraction of sp³-hybridized carbons (Fsp3) is 0.273. The van der Waals surface area contributed by atoms with Gasteiger partial charge in [-0.25, -0.2) is 0 Å². The van der Waals surface area contributed by atoms with Crippen molar-refractivity contribution < 1.29 is 4.79 Å². The summed E-state index contributed by atoms with van der Waals surface area (Å²) in [4.78, 5) is 17.7. The molecule has 0 saturated heterocycles. The molecule has 2 nitrogen and oxygen atoms in total. The van der Waals surface area contributed by atoms with E-state index in [1.807, 2.05) is 48.5 Å². The number of pyridine rings is 1. The van der Waals surface area contributed by atoms with E-state index in [9.17, 15) is 4.79 Å². The molecular formula is C22H21NO. The lowest BCUT2D eigenvalue weighted by Crippen LogP contribution is -2.13. The Hall–Kier alpha value is -2.48. The molecule has 2 heteroatoms. The summed E-state index contributed by atoms with van der Waals surface area (Å²) in [7, 11) is 0. The van der Waals surface area contributed by atoms with Crippen molar-refractivity contribution in [3.8, 4) is 0 Å². The monoisotopic (exact) mass is 315 g/mol. The largest absolute Gasteiger partial charge is 0.289 e. The van der Waals surface area contributed by atoms with Crippen LogP contribution in [0.15, 0.2) is 60.8 Å². The SMILES string of the molecule is O=C(c1ccccc1)c1cnc2ccccc2c1C1CCCCC1. The zero-order valence-electron chi connectivity index (χ0n) is 13.7. The minimum absolute atomic E-state index is 0.0921. The molecule has 0 atom stereocenters. The van der Waals surface area contributed by atoms with E-state index in [-0.39, 0.29) is 5.78 Å². The first-order valence-electron chi connectivity index (χ1n) is 8.82. The molecule has 120 valence electrons. The molecule has 2 aromatic carbocycles. The molecule has 1 fully saturated rings. The highest BCUT2D eigenvalue weighted by Gasteiger charge is 2.24. The summed E-state index contributed by atoms with van der Waals surface area (Å²) >= 11 is 0. The number of aromatic nitrogens is 1. The summed E-state index contributed by atoms with van der Waals surface area (Å²) in [6.45, 7) is 0. The van der Waals surface area contributed by atoms with Gasteiger partial charge in [0.15, 0.2) is 5.78 Å². The second-order valence-electron chi connectivity index (χ2n) is 6.63. The molecule has 0 aliphatic heterocycles. The van der Waals surface area contributed by atoms with Gasteiger partial charge in [0.25, 0.3) is 0 Å². The van der Waals surface area contributed by atoms with Gasteiger partial charge in [0.05, 0.1) is 5.52 Å². The summed E-state index contributed by atoms with van der Waals surface area (Å²) in [5, 5.41) is 1.14. The van der Waals surface area contributed by atoms with E-state index < -0.39 is 0 Å². The summed E-state index contributed by atoms with van der Waals surface area (Å²) in [6, 6.07) is 17.8. The van der Waals surface area contributed by atoms with E-state index in [2.05, 4.69) is 11.1 Å². The predicted molar refractivity (Wildman–Crippen MR) is 97.4 cm³/mol. The first-order valence-corrected chi connectivity index (χ1v) is 8.82. The number of benzene rings is 2. The average molecular weight is 315 g/mol. The van der Waals surface area contributed by atoms with Crippen LogP contribution in [0, 0.1) is 0 Å². The van der Waals surface area contributed by atoms with Crippen LogP contribution < -0.4 is 0 Å². The fourth-order valence-electron chi connectivity index (χ4n) is 3.92. The molecule has 1 saturated carbocycles. The highest BCUT2D eigenvalue weighted by atomic mass is 16.1. The molecule has 4 rings (SSSR count). The molecule has 3 aromatic rings. The molecule has 1 aromatic heterocycles. The number of carbonyl (C=O) groups excluding carboxylic acids is 1. The molecule has 0 N–H and O–H groups in total. The van der Waals surface area contributed by atoms with E-state index >= 15 is 0 Å². The maximum Gasteiger partial charge on any atom is 0.194 e. The second kappa shape index (κ2) is 6.56. The number of rotatable bonds is 3. The topological polar surface area (TPSA) is 30.0 Å². The molecular weight excluding hydrogens is 294 g/mol. The van der Waals surface area contributed by atoms with Gasteiger partial charge >= 0.3 is 0 Å². The smallest absolute Gasteiger partial charge is 0.194 e. The molecule has 0 bridgehead atoms. The highest BCUT2D eigenvalue weighted by molar-refractivity contribution is 6.11. The van der Waals surface area contributed by atoms with Crippen molar-refractivity contribution in [3.05, 3.63) is 77.5 Å². The van der Waals surface area contributed by atoms with Crippen molar-refractivity contribution in [2.24, 2.45) is 0 Å². The molecule has 0 unspecified atom stereocenters. The number of nitrogens with zero attached hydrogens (tertiary/aromatic N) is 1. The van der Waals surface area contributed by atoms with Gasteiger partial charge in [-0.1, -0.05) is 67.8 Å². The quantitative estimate of drug-likeness (QED) is 0.596. The summed E-state index contributed by atoms with van der Waals surface area (Å²) in [6.07, 6.45) is 7.94. The Kier molecular flexibility index (Phi) is 4.12. The maximum atomic E-state index is 13.1. The van der Waals surface area contributed by atoms with E-state index in [1.165, 1.54) is 37.7 Å². The van der Waals surface area contributed by atoms with Gasteiger partial charge in [-0.15, -0.1) is 0 Å². The van der Waals surface area contributed by atoms with Gasteiger partial charge in [0.2, 0.25) is 0 Å². The van der Waals surface area contributed by atoms with Gasteiger partial charge in [0, 0.05) is 22.7 Å². The van der Waals surface area contributed by atoms with Crippen molar-refractivity contribution in [1.29, 1.82) is 0 Å². The lowest BCUT2D eigenvalue weighted by Gasteiger charge is -2.25. The predicted octanol–water partition coefficient (Wildman–Crippen LogP) is 5.51. The van der Waals surface area contributed by atoms with Gasteiger partial charge in [0.1, 0.15) is 0 Å². The molecule has 24 heavy (non-hydrogen) atoms. The average Bonchev–Trinajstić information content (AvgIpc) is 2.68. The lowest BCUT2D eigenvalue weighted by molar-refractivity contribution is 0.103. The first-order chi connectivity index (χ1) is 11.8. The van der Waals surface area contributed by atoms with Crippen LogP contribution in [-0.2, 0) is 0 Å². The summed E-state index contributed by atoms with van der Waals surface area (Å²) in [5.41, 5.74) is 3.73. The minimum atomic E-state index is 0.0921. The van der Waals surface area contributed by atoms with Gasteiger partial charge in [-0.05, 0) is 30.4 Å². The summed E-state index contributed by atoms with van der Waals surface area (Å²) < 4.78 is 0. The number of hydrogen-bond acceptors (Lipinski definition) is 2. The Bertz CT molecular complexity index is 864. The van der Waals surface area contributed by atoms with E-state index in [0.717, 1.165) is 22.0 Å². The zero-order chi connectivity index (χ0) is 16.4. The molecule has 1 heterocycles. The van der Waals surface area contributed by atoms with E-state index in [0.29, 0.717) is 5.92 Å². The molecule has 0 amide bonds. The lowest BCUT2D eigenvalue weighted by atomic mass is 9.79. The number of fused-ring (bicyclic) bond motifs is 1. The minimum Gasteiger partial charge on any atom is -0.289 e. The van der Waals surface area contributed by atoms with Crippen LogP contribution >= 0.6 is 0 Å². The molecule has 0 radical (unpaired) electrons. The normalized spacial score (nSPS) is 15.5. The Labute approximate surface area is 142 Å². The number of ketones is 1. The van der Waals surface area contributed by atoms with Crippen molar-refractivity contribution in [1.82, 2.24) is 4.98 Å². The van der Waals surface area contributed by atoms with Crippen molar-refractivity contribution in [2.45, 2.75) is 38.0 Å². The number of carbonyl (C=O) groups is 1. The Morgan fingerprint density at radius 3 is 2.38 bits per heavy atom. The third-order valence-electron chi connectivity index (χ3n) is 5.11. The van der Waals surface area contributed by atoms with E-state index in [4.69, 9.17) is 0 Å². The van der Waals surface area contributed by atoms with Crippen molar-refractivity contribution >= 4 is 16.7 Å². The highest BCUT2D eigenvalue weighted by Crippen LogP contribution is 2.38. The Balaban J connectivity index is 1.89. The van der Waals surface area contributed by atoms with Crippen LogP contribution in [0.2, 0.25) is 0 Å². The third-order valence-corrected chi connectivity index (χ3v) is 5.11. The van der Waals surface area contributed by atoms with Crippen LogP contribution in [0.25, 0.3) is 10.9 Å². The standard InChI is InChI=1S/C22H21NO/c24-22(17-11-5-2-6-12-17)19-15-23-20-14-8-7-13-18(20)21(19)16-9-3-1-4-10-16/h2,5-8,11-16H,1,3-4,9-10H2. The first kappa shape index (κ1) is 15.1. The van der Waals surface area contributed by atoms with Crippen LogP contribution in [-0.4, -0.2) is 10.8 Å². The summed E-state index contributed by atoms with van der Waals surface area (Å²) in [5.74, 6) is 0.559. The van der Waals surface area contributed by atoms with Gasteiger partial charge in [-0.2, -0.15) is 0 Å². The van der Waals surface area contributed by atoms with Crippen LogP contribution in [0.5, 0.6) is 0 Å². The second-order valence-corrected chi connectivity index (χ2v) is 6.63. The Morgan fingerprint density at radius 1 is 0.875 bits per heavy atom. The number of para-hydroxylation sites is 1. The Morgan fingerprint density at radius 2 is 1.58 bits per heavy atom. The van der Waals surface area contributed by atoms with Gasteiger partial charge < -0.3 is 0 Å². The van der Waals surface area contributed by atoms with Crippen molar-refractivity contribution in [3.63, 3.8) is 0 Å². The van der Waals surface area contributed by atoms with Gasteiger partial charge in [-0.3, -0.25) is 9.78 Å². The third kappa shape index (κ3) is 2.73.